The molecule has 0 radical (unpaired) electrons. The average Bonchev–Trinajstić information content (AvgIpc) is 1.98. The van der Waals surface area contributed by atoms with E-state index < -0.39 is 5.97 Å². The molecule has 58 valence electrons. The summed E-state index contributed by atoms with van der Waals surface area (Å²) in [6.45, 7) is 1.40. The third-order valence-corrected chi connectivity index (χ3v) is 0.896. The van der Waals surface area contributed by atoms with Gasteiger partial charge in [0.2, 0.25) is 0 Å². The highest BCUT2D eigenvalue weighted by Crippen LogP contribution is 1.92. The molecule has 0 aliphatic carbocycles. The van der Waals surface area contributed by atoms with Gasteiger partial charge in [0.25, 0.3) is 0 Å². The zero-order valence-electron chi connectivity index (χ0n) is 5.83. The first-order valence-corrected chi connectivity index (χ1v) is 2.89. The highest BCUT2D eigenvalue weighted by atomic mass is 16.5. The number of carbonyl (C=O) groups is 1. The SMILES string of the molecule is CC(=CN)C(=O)OCCO. The smallest absolute Gasteiger partial charge is 0.335 e. The van der Waals surface area contributed by atoms with Crippen molar-refractivity contribution in [3.8, 4) is 0 Å². The Morgan fingerprint density at radius 2 is 2.40 bits per heavy atom. The number of carbonyl (C=O) groups excluding carboxylic acids is 1. The minimum Gasteiger partial charge on any atom is -0.460 e. The van der Waals surface area contributed by atoms with E-state index in [1.165, 1.54) is 6.20 Å². The van der Waals surface area contributed by atoms with E-state index in [0.717, 1.165) is 0 Å². The van der Waals surface area contributed by atoms with Gasteiger partial charge in [-0.1, -0.05) is 0 Å². The third-order valence-electron chi connectivity index (χ3n) is 0.896. The second-order valence-corrected chi connectivity index (χ2v) is 1.71. The molecule has 0 heterocycles. The molecule has 0 bridgehead atoms. The Labute approximate surface area is 59.3 Å². The lowest BCUT2D eigenvalue weighted by molar-refractivity contribution is -0.139. The van der Waals surface area contributed by atoms with Crippen LogP contribution in [0, 0.1) is 0 Å². The summed E-state index contributed by atoms with van der Waals surface area (Å²) in [4.78, 5) is 10.7. The predicted molar refractivity (Wildman–Crippen MR) is 36.0 cm³/mol. The van der Waals surface area contributed by atoms with Crippen LogP contribution in [0.3, 0.4) is 0 Å². The summed E-state index contributed by atoms with van der Waals surface area (Å²) in [5.74, 6) is -0.489. The van der Waals surface area contributed by atoms with Gasteiger partial charge >= 0.3 is 5.97 Å². The van der Waals surface area contributed by atoms with E-state index in [0.29, 0.717) is 5.57 Å². The van der Waals surface area contributed by atoms with Crippen LogP contribution < -0.4 is 5.73 Å². The van der Waals surface area contributed by atoms with Gasteiger partial charge in [-0.25, -0.2) is 4.79 Å². The number of hydrogen-bond acceptors (Lipinski definition) is 4. The van der Waals surface area contributed by atoms with Gasteiger partial charge in [-0.3, -0.25) is 0 Å². The lowest BCUT2D eigenvalue weighted by Crippen LogP contribution is -2.10. The van der Waals surface area contributed by atoms with Crippen LogP contribution in [0.4, 0.5) is 0 Å². The zero-order valence-corrected chi connectivity index (χ0v) is 5.83. The molecule has 0 aliphatic rings. The molecule has 3 N–H and O–H groups in total. The van der Waals surface area contributed by atoms with Crippen molar-refractivity contribution in [2.24, 2.45) is 5.73 Å². The fourth-order valence-electron chi connectivity index (χ4n) is 0.320. The highest BCUT2D eigenvalue weighted by Gasteiger charge is 2.02. The number of aliphatic hydroxyl groups excluding tert-OH is 1. The zero-order chi connectivity index (χ0) is 7.98. The maximum atomic E-state index is 10.7. The number of rotatable bonds is 3. The first-order valence-electron chi connectivity index (χ1n) is 2.89. The molecule has 0 saturated heterocycles. The van der Waals surface area contributed by atoms with Crippen molar-refractivity contribution in [1.82, 2.24) is 0 Å². The number of nitrogens with two attached hydrogens (primary N) is 1. The predicted octanol–water partition coefficient (Wildman–Crippen LogP) is -0.616. The summed E-state index contributed by atoms with van der Waals surface area (Å²) >= 11 is 0. The molecule has 0 unspecified atom stereocenters. The molecule has 0 saturated carbocycles. The largest absolute Gasteiger partial charge is 0.460 e. The molecular weight excluding hydrogens is 134 g/mol. The molecule has 0 rings (SSSR count). The van der Waals surface area contributed by atoms with Crippen LogP contribution in [0.1, 0.15) is 6.92 Å². The van der Waals surface area contributed by atoms with Crippen molar-refractivity contribution < 1.29 is 14.6 Å². The quantitative estimate of drug-likeness (QED) is 0.410. The van der Waals surface area contributed by atoms with Gasteiger partial charge in [0.1, 0.15) is 6.61 Å². The topological polar surface area (TPSA) is 72.6 Å². The monoisotopic (exact) mass is 145 g/mol. The minimum atomic E-state index is -0.489. The minimum absolute atomic E-state index is 0.0179. The maximum Gasteiger partial charge on any atom is 0.335 e. The standard InChI is InChI=1S/C6H11NO3/c1-5(4-7)6(9)10-3-2-8/h4,8H,2-3,7H2,1H3. The van der Waals surface area contributed by atoms with Gasteiger partial charge in [-0.15, -0.1) is 0 Å². The van der Waals surface area contributed by atoms with E-state index >= 15 is 0 Å². The molecular formula is C6H11NO3. The summed E-state index contributed by atoms with van der Waals surface area (Å²) in [5.41, 5.74) is 5.36. The molecule has 0 aliphatic heterocycles. The number of esters is 1. The van der Waals surface area contributed by atoms with Crippen LogP contribution in [0.5, 0.6) is 0 Å². The van der Waals surface area contributed by atoms with E-state index in [1.807, 2.05) is 0 Å². The van der Waals surface area contributed by atoms with Crippen LogP contribution in [0.2, 0.25) is 0 Å². The lowest BCUT2D eigenvalue weighted by Gasteiger charge is -2.00. The maximum absolute atomic E-state index is 10.7. The van der Waals surface area contributed by atoms with Gasteiger partial charge < -0.3 is 15.6 Å². The number of aliphatic hydroxyl groups is 1. The molecule has 0 aromatic rings. The first kappa shape index (κ1) is 8.97. The number of hydrogen-bond donors (Lipinski definition) is 2. The van der Waals surface area contributed by atoms with Crippen LogP contribution in [-0.4, -0.2) is 24.3 Å². The molecule has 0 fully saturated rings. The van der Waals surface area contributed by atoms with Crippen molar-refractivity contribution >= 4 is 5.97 Å². The van der Waals surface area contributed by atoms with E-state index in [4.69, 9.17) is 10.8 Å². The van der Waals surface area contributed by atoms with Gasteiger partial charge in [-0.05, 0) is 6.92 Å². The molecule has 4 nitrogen and oxygen atoms in total. The van der Waals surface area contributed by atoms with Gasteiger partial charge in [0.15, 0.2) is 0 Å². The summed E-state index contributed by atoms with van der Waals surface area (Å²) in [7, 11) is 0. The fraction of sp³-hybridized carbons (Fsp3) is 0.500. The Hall–Kier alpha value is -1.03. The Morgan fingerprint density at radius 3 is 2.80 bits per heavy atom. The summed E-state index contributed by atoms with van der Waals surface area (Å²) < 4.78 is 4.51. The molecule has 0 atom stereocenters. The summed E-state index contributed by atoms with van der Waals surface area (Å²) in [5, 5.41) is 8.24. The first-order chi connectivity index (χ1) is 4.72. The van der Waals surface area contributed by atoms with Crippen LogP contribution >= 0.6 is 0 Å². The van der Waals surface area contributed by atoms with E-state index in [1.54, 1.807) is 6.92 Å². The van der Waals surface area contributed by atoms with Crippen molar-refractivity contribution in [2.45, 2.75) is 6.92 Å². The molecule has 0 amide bonds. The normalized spacial score (nSPS) is 11.2. The van der Waals surface area contributed by atoms with Crippen LogP contribution in [0.15, 0.2) is 11.8 Å². The van der Waals surface area contributed by atoms with Crippen molar-refractivity contribution in [3.05, 3.63) is 11.8 Å². The Bertz CT molecular complexity index is 142. The van der Waals surface area contributed by atoms with Crippen LogP contribution in [-0.2, 0) is 9.53 Å². The second-order valence-electron chi connectivity index (χ2n) is 1.71. The van der Waals surface area contributed by atoms with E-state index in [2.05, 4.69) is 4.74 Å². The van der Waals surface area contributed by atoms with E-state index in [-0.39, 0.29) is 13.2 Å². The summed E-state index contributed by atoms with van der Waals surface area (Å²) in [6.07, 6.45) is 1.17. The second kappa shape index (κ2) is 4.81. The molecule has 0 aromatic heterocycles. The molecule has 10 heavy (non-hydrogen) atoms. The van der Waals surface area contributed by atoms with E-state index in [9.17, 15) is 4.79 Å². The molecule has 0 aromatic carbocycles. The Kier molecular flexibility index (Phi) is 4.32. The fourth-order valence-corrected chi connectivity index (χ4v) is 0.320. The lowest BCUT2D eigenvalue weighted by atomic mass is 10.3. The third kappa shape index (κ3) is 3.09. The summed E-state index contributed by atoms with van der Waals surface area (Å²) in [6, 6.07) is 0. The van der Waals surface area contributed by atoms with Crippen molar-refractivity contribution in [1.29, 1.82) is 0 Å². The Morgan fingerprint density at radius 1 is 1.80 bits per heavy atom. The van der Waals surface area contributed by atoms with Gasteiger partial charge in [-0.2, -0.15) is 0 Å². The highest BCUT2D eigenvalue weighted by molar-refractivity contribution is 5.87. The van der Waals surface area contributed by atoms with Crippen molar-refractivity contribution in [3.63, 3.8) is 0 Å². The Balaban J connectivity index is 3.63. The van der Waals surface area contributed by atoms with Gasteiger partial charge in [0, 0.05) is 11.8 Å². The molecule has 4 heteroatoms. The average molecular weight is 145 g/mol. The van der Waals surface area contributed by atoms with Crippen molar-refractivity contribution in [2.75, 3.05) is 13.2 Å². The molecule has 0 spiro atoms. The van der Waals surface area contributed by atoms with Crippen LogP contribution in [0.25, 0.3) is 0 Å². The van der Waals surface area contributed by atoms with Gasteiger partial charge in [0.05, 0.1) is 6.61 Å². The number of ether oxygens (including phenoxy) is 1.